The molecule has 0 fully saturated rings. The van der Waals surface area contributed by atoms with Gasteiger partial charge in [-0.15, -0.1) is 0 Å². The zero-order valence-electron chi connectivity index (χ0n) is 18.1. The van der Waals surface area contributed by atoms with Gasteiger partial charge in [0.15, 0.2) is 5.97 Å². The number of carbonyl (C=O) groups is 2. The summed E-state index contributed by atoms with van der Waals surface area (Å²) in [6.45, 7) is 12.0. The van der Waals surface area contributed by atoms with E-state index in [0.29, 0.717) is 5.92 Å². The van der Waals surface area contributed by atoms with E-state index >= 15 is 0 Å². The number of nitrogens with one attached hydrogen (secondary N) is 1. The molecule has 2 N–H and O–H groups in total. The van der Waals surface area contributed by atoms with E-state index in [-0.39, 0.29) is 0 Å². The number of aliphatic carboxylic acids is 2. The third kappa shape index (κ3) is 8.76. The molecule has 0 aliphatic carbocycles. The molecule has 1 unspecified atom stereocenters. The number of benzene rings is 2. The van der Waals surface area contributed by atoms with Crippen molar-refractivity contribution in [3.63, 3.8) is 0 Å². The molecule has 0 saturated carbocycles. The molecule has 0 saturated heterocycles. The molecule has 0 aliphatic heterocycles. The highest BCUT2D eigenvalue weighted by Gasteiger charge is 2.13. The minimum Gasteiger partial charge on any atom is -0.539 e. The van der Waals surface area contributed by atoms with E-state index in [9.17, 15) is 0 Å². The Hall–Kier alpha value is -2.70. The number of carbonyl (C=O) groups excluding carboxylic acids is 1. The normalized spacial score (nSPS) is 12.0. The Morgan fingerprint density at radius 3 is 2.37 bits per heavy atom. The van der Waals surface area contributed by atoms with Crippen LogP contribution in [0.5, 0.6) is 0 Å². The minimum absolute atomic E-state index is 0.518. The summed E-state index contributed by atoms with van der Waals surface area (Å²) in [7, 11) is 0. The van der Waals surface area contributed by atoms with Crippen LogP contribution in [0.3, 0.4) is 0 Å². The zero-order valence-corrected chi connectivity index (χ0v) is 18.1. The quantitative estimate of drug-likeness (QED) is 0.353. The molecule has 6 nitrogen and oxygen atoms in total. The molecule has 0 aliphatic rings. The molecular weight excluding hydrogens is 380 g/mol. The summed E-state index contributed by atoms with van der Waals surface area (Å²) in [5, 5.41) is 22.7. The smallest absolute Gasteiger partial charge is 0.351 e. The number of hydrogen-bond donors (Lipinski definition) is 2. The van der Waals surface area contributed by atoms with Gasteiger partial charge in [-0.2, -0.15) is 0 Å². The molecule has 6 heteroatoms. The summed E-state index contributed by atoms with van der Waals surface area (Å²) in [5.74, 6) is -3.49. The van der Waals surface area contributed by atoms with Crippen molar-refractivity contribution in [2.75, 3.05) is 32.7 Å². The molecular formula is C24H33N2O4-. The van der Waals surface area contributed by atoms with Crippen LogP contribution in [0.15, 0.2) is 54.6 Å². The van der Waals surface area contributed by atoms with Gasteiger partial charge in [-0.1, -0.05) is 68.5 Å². The van der Waals surface area contributed by atoms with E-state index in [1.54, 1.807) is 0 Å². The molecule has 0 aromatic heterocycles. The third-order valence-electron chi connectivity index (χ3n) is 4.98. The fourth-order valence-corrected chi connectivity index (χ4v) is 3.28. The second kappa shape index (κ2) is 14.3. The molecule has 0 amide bonds. The number of hydrogen-bond acceptors (Lipinski definition) is 5. The van der Waals surface area contributed by atoms with Crippen LogP contribution >= 0.6 is 0 Å². The molecule has 0 radical (unpaired) electrons. The molecule has 2 rings (SSSR count). The van der Waals surface area contributed by atoms with Gasteiger partial charge in [-0.05, 0) is 42.8 Å². The van der Waals surface area contributed by atoms with Crippen LogP contribution in [0, 0.1) is 0 Å². The van der Waals surface area contributed by atoms with Crippen LogP contribution in [-0.2, 0) is 9.59 Å². The van der Waals surface area contributed by atoms with Gasteiger partial charge in [-0.25, -0.2) is 4.79 Å². The predicted octanol–water partition coefficient (Wildman–Crippen LogP) is 2.64. The largest absolute Gasteiger partial charge is 0.539 e. The van der Waals surface area contributed by atoms with Crippen molar-refractivity contribution >= 4 is 22.7 Å². The lowest BCUT2D eigenvalue weighted by Gasteiger charge is -2.21. The summed E-state index contributed by atoms with van der Waals surface area (Å²) < 4.78 is 0. The number of likely N-dealkylation sites (N-methyl/N-ethyl adjacent to an activating group) is 1. The SMILES string of the molecule is CC=CCC(CNCCN(CC)CC)c1cccc2ccccc12.O=C([O-])C(=O)O. The Morgan fingerprint density at radius 1 is 1.13 bits per heavy atom. The van der Waals surface area contributed by atoms with Gasteiger partial charge in [0.05, 0.1) is 0 Å². The van der Waals surface area contributed by atoms with E-state index in [2.05, 4.69) is 85.6 Å². The first-order valence-corrected chi connectivity index (χ1v) is 10.4. The molecule has 1 atom stereocenters. The van der Waals surface area contributed by atoms with Gasteiger partial charge in [0.2, 0.25) is 0 Å². The maximum Gasteiger partial charge on any atom is 0.351 e. The van der Waals surface area contributed by atoms with Gasteiger partial charge in [0.25, 0.3) is 0 Å². The van der Waals surface area contributed by atoms with Crippen molar-refractivity contribution in [2.24, 2.45) is 0 Å². The van der Waals surface area contributed by atoms with Crippen LogP contribution in [0.2, 0.25) is 0 Å². The highest BCUT2D eigenvalue weighted by Crippen LogP contribution is 2.28. The first-order valence-electron chi connectivity index (χ1n) is 10.4. The molecule has 0 bridgehead atoms. The van der Waals surface area contributed by atoms with Crippen molar-refractivity contribution in [2.45, 2.75) is 33.1 Å². The minimum atomic E-state index is -2.07. The van der Waals surface area contributed by atoms with E-state index < -0.39 is 11.9 Å². The molecule has 0 spiro atoms. The predicted molar refractivity (Wildman–Crippen MR) is 119 cm³/mol. The van der Waals surface area contributed by atoms with Crippen LogP contribution in [0.25, 0.3) is 10.8 Å². The lowest BCUT2D eigenvalue weighted by atomic mass is 9.90. The first kappa shape index (κ1) is 25.3. The van der Waals surface area contributed by atoms with Gasteiger partial charge >= 0.3 is 5.97 Å². The summed E-state index contributed by atoms with van der Waals surface area (Å²) in [6.07, 6.45) is 5.54. The van der Waals surface area contributed by atoms with Crippen LogP contribution in [0.1, 0.15) is 38.7 Å². The zero-order chi connectivity index (χ0) is 22.4. The average Bonchev–Trinajstić information content (AvgIpc) is 2.76. The number of nitrogens with zero attached hydrogens (tertiary/aromatic N) is 1. The van der Waals surface area contributed by atoms with Crippen LogP contribution in [0.4, 0.5) is 0 Å². The Balaban J connectivity index is 0.000000656. The maximum atomic E-state index is 9.04. The first-order chi connectivity index (χ1) is 14.4. The van der Waals surface area contributed by atoms with Gasteiger partial charge in [0, 0.05) is 25.6 Å². The Kier molecular flexibility index (Phi) is 12.1. The number of carboxylic acids is 2. The van der Waals surface area contributed by atoms with E-state index in [1.165, 1.54) is 16.3 Å². The standard InChI is InChI=1S/C22H32N2.C2H2O4/c1-4-7-11-20(18-23-16-17-24(5-2)6-3)22-15-10-13-19-12-8-9-14-21(19)22;3-1(4)2(5)6/h4,7-10,12-15,20,23H,5-6,11,16-18H2,1-3H3;(H,3,4)(H,5,6)/p-1. The lowest BCUT2D eigenvalue weighted by molar-refractivity contribution is -0.303. The van der Waals surface area contributed by atoms with Crippen molar-refractivity contribution in [3.8, 4) is 0 Å². The monoisotopic (exact) mass is 413 g/mol. The lowest BCUT2D eigenvalue weighted by Crippen LogP contribution is -2.33. The van der Waals surface area contributed by atoms with Crippen molar-refractivity contribution in [1.29, 1.82) is 0 Å². The van der Waals surface area contributed by atoms with Crippen molar-refractivity contribution < 1.29 is 19.8 Å². The topological polar surface area (TPSA) is 92.7 Å². The highest BCUT2D eigenvalue weighted by molar-refractivity contribution is 6.26. The van der Waals surface area contributed by atoms with Gasteiger partial charge in [0.1, 0.15) is 0 Å². The molecule has 30 heavy (non-hydrogen) atoms. The second-order valence-electron chi connectivity index (χ2n) is 6.89. The summed E-state index contributed by atoms with van der Waals surface area (Å²) >= 11 is 0. The second-order valence-corrected chi connectivity index (χ2v) is 6.89. The Bertz CT molecular complexity index is 798. The molecule has 0 heterocycles. The number of fused-ring (bicyclic) bond motifs is 1. The van der Waals surface area contributed by atoms with E-state index in [1.807, 2.05) is 0 Å². The fourth-order valence-electron chi connectivity index (χ4n) is 3.28. The number of allylic oxidation sites excluding steroid dienone is 2. The van der Waals surface area contributed by atoms with Crippen LogP contribution in [-0.4, -0.2) is 54.7 Å². The molecule has 2 aromatic carbocycles. The Morgan fingerprint density at radius 2 is 1.77 bits per heavy atom. The fraction of sp³-hybridized carbons (Fsp3) is 0.417. The maximum absolute atomic E-state index is 9.04. The van der Waals surface area contributed by atoms with E-state index in [4.69, 9.17) is 19.8 Å². The van der Waals surface area contributed by atoms with Crippen molar-refractivity contribution in [3.05, 3.63) is 60.2 Å². The summed E-state index contributed by atoms with van der Waals surface area (Å²) in [6, 6.07) is 15.4. The van der Waals surface area contributed by atoms with Gasteiger partial charge < -0.3 is 25.2 Å². The number of carboxylic acid groups (broad SMARTS) is 2. The van der Waals surface area contributed by atoms with E-state index in [0.717, 1.165) is 39.1 Å². The van der Waals surface area contributed by atoms with Gasteiger partial charge in [-0.3, -0.25) is 0 Å². The summed E-state index contributed by atoms with van der Waals surface area (Å²) in [5.41, 5.74) is 1.46. The summed E-state index contributed by atoms with van der Waals surface area (Å²) in [4.78, 5) is 20.5. The molecule has 164 valence electrons. The van der Waals surface area contributed by atoms with Crippen molar-refractivity contribution in [1.82, 2.24) is 10.2 Å². The van der Waals surface area contributed by atoms with Crippen LogP contribution < -0.4 is 10.4 Å². The number of rotatable bonds is 10. The Labute approximate surface area is 179 Å². The highest BCUT2D eigenvalue weighted by atomic mass is 16.4. The molecule has 2 aromatic rings. The third-order valence-corrected chi connectivity index (χ3v) is 4.98. The average molecular weight is 414 g/mol.